The molecule has 7 heteroatoms. The van der Waals surface area contributed by atoms with Crippen molar-refractivity contribution in [2.45, 2.75) is 33.9 Å². The molecule has 0 fully saturated rings. The van der Waals surface area contributed by atoms with Crippen LogP contribution in [0.1, 0.15) is 25.6 Å². The second-order valence-corrected chi connectivity index (χ2v) is 4.71. The molecular formula is C12H17N5O2. The van der Waals surface area contributed by atoms with Crippen molar-refractivity contribution in [3.05, 3.63) is 34.5 Å². The van der Waals surface area contributed by atoms with Crippen LogP contribution in [0.15, 0.2) is 21.7 Å². The summed E-state index contributed by atoms with van der Waals surface area (Å²) < 4.78 is 6.50. The zero-order chi connectivity index (χ0) is 13.8. The molecule has 0 amide bonds. The Kier molecular flexibility index (Phi) is 3.94. The first-order valence-electron chi connectivity index (χ1n) is 6.14. The van der Waals surface area contributed by atoms with Crippen LogP contribution in [0.25, 0.3) is 0 Å². The van der Waals surface area contributed by atoms with Gasteiger partial charge in [-0.2, -0.15) is 4.98 Å². The first-order chi connectivity index (χ1) is 9.06. The van der Waals surface area contributed by atoms with E-state index in [4.69, 9.17) is 4.52 Å². The summed E-state index contributed by atoms with van der Waals surface area (Å²) in [4.78, 5) is 20.2. The maximum Gasteiger partial charge on any atom is 0.293 e. The molecule has 0 aliphatic heterocycles. The quantitative estimate of drug-likeness (QED) is 0.872. The van der Waals surface area contributed by atoms with Gasteiger partial charge in [0.15, 0.2) is 11.6 Å². The molecule has 0 atom stereocenters. The normalized spacial score (nSPS) is 10.9. The average Bonchev–Trinajstić information content (AvgIpc) is 2.76. The minimum atomic E-state index is -0.142. The van der Waals surface area contributed by atoms with Gasteiger partial charge in [0.05, 0.1) is 6.54 Å². The van der Waals surface area contributed by atoms with Crippen LogP contribution in [-0.2, 0) is 13.1 Å². The fraction of sp³-hybridized carbons (Fsp3) is 0.500. The van der Waals surface area contributed by atoms with Gasteiger partial charge in [0.2, 0.25) is 5.89 Å². The lowest BCUT2D eigenvalue weighted by Crippen LogP contribution is -2.26. The number of rotatable bonds is 5. The van der Waals surface area contributed by atoms with Crippen LogP contribution in [0.3, 0.4) is 0 Å². The number of nitrogens with zero attached hydrogens (tertiary/aromatic N) is 4. The molecule has 0 bridgehead atoms. The maximum atomic E-state index is 12.1. The van der Waals surface area contributed by atoms with Crippen LogP contribution < -0.4 is 10.9 Å². The average molecular weight is 263 g/mol. The van der Waals surface area contributed by atoms with Crippen molar-refractivity contribution in [3.63, 3.8) is 0 Å². The zero-order valence-corrected chi connectivity index (χ0v) is 11.3. The molecule has 0 aliphatic carbocycles. The summed E-state index contributed by atoms with van der Waals surface area (Å²) in [5.41, 5.74) is -0.142. The Labute approximate surface area is 110 Å². The third kappa shape index (κ3) is 3.40. The summed E-state index contributed by atoms with van der Waals surface area (Å²) in [6.45, 7) is 6.81. The summed E-state index contributed by atoms with van der Waals surface area (Å²) in [7, 11) is 0. The molecule has 0 aromatic carbocycles. The predicted molar refractivity (Wildman–Crippen MR) is 69.7 cm³/mol. The number of aromatic nitrogens is 4. The first kappa shape index (κ1) is 13.3. The lowest BCUT2D eigenvalue weighted by atomic mass is 10.2. The van der Waals surface area contributed by atoms with E-state index in [0.29, 0.717) is 36.5 Å². The van der Waals surface area contributed by atoms with Gasteiger partial charge in [-0.05, 0) is 5.92 Å². The molecule has 2 rings (SSSR count). The molecule has 102 valence electrons. The Morgan fingerprint density at radius 2 is 2.26 bits per heavy atom. The second-order valence-electron chi connectivity index (χ2n) is 4.71. The zero-order valence-electron chi connectivity index (χ0n) is 11.3. The van der Waals surface area contributed by atoms with Crippen LogP contribution in [-0.4, -0.2) is 19.7 Å². The summed E-state index contributed by atoms with van der Waals surface area (Å²) in [6, 6.07) is 0. The topological polar surface area (TPSA) is 85.8 Å². The molecule has 2 heterocycles. The Balaban J connectivity index is 2.10. The van der Waals surface area contributed by atoms with Gasteiger partial charge < -0.3 is 14.4 Å². The van der Waals surface area contributed by atoms with Crippen LogP contribution in [0, 0.1) is 12.8 Å². The molecule has 2 aromatic heterocycles. The van der Waals surface area contributed by atoms with Gasteiger partial charge in [0.1, 0.15) is 0 Å². The molecule has 2 aromatic rings. The van der Waals surface area contributed by atoms with E-state index >= 15 is 0 Å². The Bertz CT molecular complexity index is 602. The maximum absolute atomic E-state index is 12.1. The molecule has 0 radical (unpaired) electrons. The second kappa shape index (κ2) is 5.64. The predicted octanol–water partition coefficient (Wildman–Crippen LogP) is 1.20. The summed E-state index contributed by atoms with van der Waals surface area (Å²) >= 11 is 0. The van der Waals surface area contributed by atoms with Crippen molar-refractivity contribution in [2.24, 2.45) is 5.92 Å². The molecule has 7 nitrogen and oxygen atoms in total. The fourth-order valence-electron chi connectivity index (χ4n) is 1.68. The van der Waals surface area contributed by atoms with Crippen molar-refractivity contribution >= 4 is 5.82 Å². The summed E-state index contributed by atoms with van der Waals surface area (Å²) in [5, 5.41) is 6.67. The Morgan fingerprint density at radius 3 is 2.89 bits per heavy atom. The minimum absolute atomic E-state index is 0.142. The first-order valence-corrected chi connectivity index (χ1v) is 6.14. The highest BCUT2D eigenvalue weighted by atomic mass is 16.5. The molecule has 1 N–H and O–H groups in total. The smallest absolute Gasteiger partial charge is 0.293 e. The number of anilines is 1. The number of hydrogen-bond acceptors (Lipinski definition) is 6. The molecule has 0 aliphatic rings. The van der Waals surface area contributed by atoms with E-state index < -0.39 is 0 Å². The van der Waals surface area contributed by atoms with E-state index in [1.807, 2.05) is 0 Å². The van der Waals surface area contributed by atoms with Gasteiger partial charge in [0.25, 0.3) is 5.56 Å². The van der Waals surface area contributed by atoms with E-state index in [-0.39, 0.29) is 5.56 Å². The lowest BCUT2D eigenvalue weighted by Gasteiger charge is -2.09. The van der Waals surface area contributed by atoms with Gasteiger partial charge in [-0.3, -0.25) is 4.79 Å². The standard InChI is InChI=1S/C12H17N5O2/c1-8(2)7-17-5-4-13-11(12(17)18)14-6-10-15-9(3)19-16-10/h4-5,8H,6-7H2,1-3H3,(H,13,14). The van der Waals surface area contributed by atoms with Crippen LogP contribution >= 0.6 is 0 Å². The Morgan fingerprint density at radius 1 is 1.47 bits per heavy atom. The van der Waals surface area contributed by atoms with Crippen molar-refractivity contribution in [2.75, 3.05) is 5.32 Å². The van der Waals surface area contributed by atoms with E-state index in [2.05, 4.69) is 34.3 Å². The van der Waals surface area contributed by atoms with E-state index in [9.17, 15) is 4.79 Å². The van der Waals surface area contributed by atoms with Crippen molar-refractivity contribution in [3.8, 4) is 0 Å². The highest BCUT2D eigenvalue weighted by molar-refractivity contribution is 5.30. The van der Waals surface area contributed by atoms with E-state index in [1.54, 1.807) is 23.9 Å². The van der Waals surface area contributed by atoms with Gasteiger partial charge in [-0.1, -0.05) is 19.0 Å². The van der Waals surface area contributed by atoms with Gasteiger partial charge >= 0.3 is 0 Å². The monoisotopic (exact) mass is 263 g/mol. The van der Waals surface area contributed by atoms with Crippen molar-refractivity contribution < 1.29 is 4.52 Å². The third-order valence-corrected chi connectivity index (χ3v) is 2.46. The SMILES string of the molecule is Cc1nc(CNc2nccn(CC(C)C)c2=O)no1. The summed E-state index contributed by atoms with van der Waals surface area (Å²) in [5.74, 6) is 1.69. The van der Waals surface area contributed by atoms with E-state index in [1.165, 1.54) is 0 Å². The number of nitrogens with one attached hydrogen (secondary N) is 1. The molecule has 0 saturated heterocycles. The minimum Gasteiger partial charge on any atom is -0.358 e. The van der Waals surface area contributed by atoms with Crippen molar-refractivity contribution in [1.29, 1.82) is 0 Å². The lowest BCUT2D eigenvalue weighted by molar-refractivity contribution is 0.388. The molecular weight excluding hydrogens is 246 g/mol. The number of hydrogen-bond donors (Lipinski definition) is 1. The third-order valence-electron chi connectivity index (χ3n) is 2.46. The van der Waals surface area contributed by atoms with Gasteiger partial charge in [-0.25, -0.2) is 4.98 Å². The summed E-state index contributed by atoms with van der Waals surface area (Å²) in [6.07, 6.45) is 3.29. The molecule has 0 saturated carbocycles. The van der Waals surface area contributed by atoms with Gasteiger partial charge in [0, 0.05) is 25.9 Å². The fourth-order valence-corrected chi connectivity index (χ4v) is 1.68. The van der Waals surface area contributed by atoms with Crippen LogP contribution in [0.4, 0.5) is 5.82 Å². The molecule has 19 heavy (non-hydrogen) atoms. The van der Waals surface area contributed by atoms with E-state index in [0.717, 1.165) is 0 Å². The highest BCUT2D eigenvalue weighted by Crippen LogP contribution is 2.01. The molecule has 0 unspecified atom stereocenters. The van der Waals surface area contributed by atoms with Gasteiger partial charge in [-0.15, -0.1) is 0 Å². The largest absolute Gasteiger partial charge is 0.358 e. The van der Waals surface area contributed by atoms with Crippen LogP contribution in [0.2, 0.25) is 0 Å². The molecule has 0 spiro atoms. The number of aryl methyl sites for hydroxylation is 1. The highest BCUT2D eigenvalue weighted by Gasteiger charge is 2.07. The van der Waals surface area contributed by atoms with Crippen molar-refractivity contribution in [1.82, 2.24) is 19.7 Å². The Hall–Kier alpha value is -2.18. The van der Waals surface area contributed by atoms with Crippen LogP contribution in [0.5, 0.6) is 0 Å².